The molecule has 25 heavy (non-hydrogen) atoms. The van der Waals surface area contributed by atoms with Gasteiger partial charge in [0, 0.05) is 6.42 Å². The van der Waals surface area contributed by atoms with Crippen LogP contribution in [0.2, 0.25) is 10.0 Å². The average Bonchev–Trinajstić information content (AvgIpc) is 3.00. The first-order valence-corrected chi connectivity index (χ1v) is 8.67. The molecule has 5 nitrogen and oxygen atoms in total. The zero-order chi connectivity index (χ0) is 17.8. The molecule has 0 aliphatic heterocycles. The van der Waals surface area contributed by atoms with Crippen molar-refractivity contribution in [1.29, 1.82) is 0 Å². The molecule has 3 rings (SSSR count). The predicted molar refractivity (Wildman–Crippen MR) is 98.2 cm³/mol. The Kier molecular flexibility index (Phi) is 5.47. The number of urea groups is 1. The summed E-state index contributed by atoms with van der Waals surface area (Å²) < 4.78 is 13.5. The van der Waals surface area contributed by atoms with Gasteiger partial charge in [0.2, 0.25) is 5.13 Å². The van der Waals surface area contributed by atoms with E-state index >= 15 is 0 Å². The number of rotatable bonds is 4. The van der Waals surface area contributed by atoms with Crippen LogP contribution in [-0.4, -0.2) is 16.2 Å². The Hall–Kier alpha value is -2.22. The van der Waals surface area contributed by atoms with Gasteiger partial charge < -0.3 is 5.32 Å². The van der Waals surface area contributed by atoms with Crippen LogP contribution < -0.4 is 10.6 Å². The number of hydrogen-bond acceptors (Lipinski definition) is 4. The highest BCUT2D eigenvalue weighted by atomic mass is 35.5. The summed E-state index contributed by atoms with van der Waals surface area (Å²) in [4.78, 5) is 11.9. The maximum absolute atomic E-state index is 13.5. The van der Waals surface area contributed by atoms with E-state index in [-0.39, 0.29) is 5.69 Å². The molecule has 2 N–H and O–H groups in total. The third kappa shape index (κ3) is 4.66. The molecule has 0 unspecified atom stereocenters. The first kappa shape index (κ1) is 17.6. The average molecular weight is 397 g/mol. The Bertz CT molecular complexity index is 919. The summed E-state index contributed by atoms with van der Waals surface area (Å²) in [6, 6.07) is 10.6. The molecule has 128 valence electrons. The molecular formula is C16H11Cl2FN4OS. The quantitative estimate of drug-likeness (QED) is 0.635. The molecule has 0 saturated carbocycles. The Morgan fingerprint density at radius 3 is 2.64 bits per heavy atom. The fourth-order valence-corrected chi connectivity index (χ4v) is 3.10. The van der Waals surface area contributed by atoms with E-state index in [0.29, 0.717) is 26.6 Å². The van der Waals surface area contributed by atoms with Gasteiger partial charge in [0.25, 0.3) is 0 Å². The molecule has 0 radical (unpaired) electrons. The number of nitrogens with one attached hydrogen (secondary N) is 2. The molecule has 2 aromatic carbocycles. The lowest BCUT2D eigenvalue weighted by Crippen LogP contribution is -2.19. The highest BCUT2D eigenvalue weighted by molar-refractivity contribution is 7.15. The minimum absolute atomic E-state index is 0.0838. The number of halogens is 3. The van der Waals surface area contributed by atoms with Crippen LogP contribution in [0.25, 0.3) is 0 Å². The fraction of sp³-hybridized carbons (Fsp3) is 0.0625. The van der Waals surface area contributed by atoms with Gasteiger partial charge in [-0.1, -0.05) is 52.7 Å². The van der Waals surface area contributed by atoms with Crippen molar-refractivity contribution in [2.24, 2.45) is 0 Å². The molecule has 1 aromatic heterocycles. The van der Waals surface area contributed by atoms with Crippen molar-refractivity contribution >= 4 is 51.4 Å². The van der Waals surface area contributed by atoms with Crippen molar-refractivity contribution in [3.8, 4) is 0 Å². The monoisotopic (exact) mass is 396 g/mol. The third-order valence-corrected chi connectivity index (χ3v) is 4.73. The molecule has 0 spiro atoms. The van der Waals surface area contributed by atoms with E-state index in [0.717, 1.165) is 5.56 Å². The van der Waals surface area contributed by atoms with Gasteiger partial charge in [-0.3, -0.25) is 5.32 Å². The first-order valence-electron chi connectivity index (χ1n) is 7.10. The van der Waals surface area contributed by atoms with Crippen LogP contribution in [0.1, 0.15) is 10.6 Å². The topological polar surface area (TPSA) is 66.9 Å². The number of nitrogens with zero attached hydrogens (tertiary/aromatic N) is 2. The maximum Gasteiger partial charge on any atom is 0.325 e. The number of hydrogen-bond donors (Lipinski definition) is 2. The van der Waals surface area contributed by atoms with Crippen molar-refractivity contribution in [2.45, 2.75) is 6.42 Å². The molecule has 0 aliphatic rings. The summed E-state index contributed by atoms with van der Waals surface area (Å²) in [6.07, 6.45) is 0.505. The smallest absolute Gasteiger partial charge is 0.305 e. The normalized spacial score (nSPS) is 10.5. The minimum atomic E-state index is -0.595. The van der Waals surface area contributed by atoms with Gasteiger partial charge in [-0.2, -0.15) is 0 Å². The van der Waals surface area contributed by atoms with E-state index in [9.17, 15) is 9.18 Å². The maximum atomic E-state index is 13.5. The van der Waals surface area contributed by atoms with E-state index in [2.05, 4.69) is 20.8 Å². The van der Waals surface area contributed by atoms with Gasteiger partial charge in [-0.25, -0.2) is 9.18 Å². The summed E-state index contributed by atoms with van der Waals surface area (Å²) >= 11 is 13.1. The van der Waals surface area contributed by atoms with Crippen LogP contribution >= 0.6 is 34.5 Å². The molecule has 0 bridgehead atoms. The second kappa shape index (κ2) is 7.77. The van der Waals surface area contributed by atoms with Gasteiger partial charge >= 0.3 is 6.03 Å². The van der Waals surface area contributed by atoms with Crippen LogP contribution in [0.15, 0.2) is 42.5 Å². The summed E-state index contributed by atoms with van der Waals surface area (Å²) in [5.41, 5.74) is 1.01. The fourth-order valence-electron chi connectivity index (χ4n) is 2.01. The third-order valence-electron chi connectivity index (χ3n) is 3.15. The van der Waals surface area contributed by atoms with Crippen LogP contribution in [0.5, 0.6) is 0 Å². The first-order chi connectivity index (χ1) is 12.0. The summed E-state index contributed by atoms with van der Waals surface area (Å²) in [5.74, 6) is -0.518. The van der Waals surface area contributed by atoms with Gasteiger partial charge in [-0.15, -0.1) is 10.2 Å². The van der Waals surface area contributed by atoms with Crippen molar-refractivity contribution < 1.29 is 9.18 Å². The van der Waals surface area contributed by atoms with Crippen molar-refractivity contribution in [3.63, 3.8) is 0 Å². The molecule has 3 aromatic rings. The molecule has 2 amide bonds. The highest BCUT2D eigenvalue weighted by Crippen LogP contribution is 2.25. The Labute approximate surface area is 156 Å². The van der Waals surface area contributed by atoms with Gasteiger partial charge in [0.15, 0.2) is 0 Å². The lowest BCUT2D eigenvalue weighted by Gasteiger charge is -2.05. The Balaban J connectivity index is 1.62. The number of para-hydroxylation sites is 1. The number of anilines is 2. The molecular weight excluding hydrogens is 386 g/mol. The van der Waals surface area contributed by atoms with Crippen LogP contribution in [0, 0.1) is 5.82 Å². The van der Waals surface area contributed by atoms with Crippen molar-refractivity contribution in [1.82, 2.24) is 10.2 Å². The van der Waals surface area contributed by atoms with Crippen LogP contribution in [0.4, 0.5) is 20.0 Å². The predicted octanol–water partition coefficient (Wildman–Crippen LogP) is 5.22. The SMILES string of the molecule is O=C(Nc1nnc(Cc2ccc(Cl)c(Cl)c2)s1)Nc1ccccc1F. The van der Waals surface area contributed by atoms with Crippen LogP contribution in [-0.2, 0) is 6.42 Å². The van der Waals surface area contributed by atoms with E-state index in [1.165, 1.54) is 23.5 Å². The highest BCUT2D eigenvalue weighted by Gasteiger charge is 2.11. The lowest BCUT2D eigenvalue weighted by molar-refractivity contribution is 0.262. The zero-order valence-corrected chi connectivity index (χ0v) is 14.9. The Morgan fingerprint density at radius 2 is 1.88 bits per heavy atom. The summed E-state index contributed by atoms with van der Waals surface area (Å²) in [6.45, 7) is 0. The van der Waals surface area contributed by atoms with Gasteiger partial charge in [0.1, 0.15) is 10.8 Å². The number of benzene rings is 2. The van der Waals surface area contributed by atoms with E-state index in [4.69, 9.17) is 23.2 Å². The zero-order valence-electron chi connectivity index (χ0n) is 12.6. The van der Waals surface area contributed by atoms with Gasteiger partial charge in [-0.05, 0) is 29.8 Å². The van der Waals surface area contributed by atoms with Crippen LogP contribution in [0.3, 0.4) is 0 Å². The summed E-state index contributed by atoms with van der Waals surface area (Å²) in [7, 11) is 0. The number of carbonyl (C=O) groups is 1. The van der Waals surface area contributed by atoms with E-state index in [1.807, 2.05) is 6.07 Å². The van der Waals surface area contributed by atoms with Crippen molar-refractivity contribution in [3.05, 3.63) is 68.9 Å². The minimum Gasteiger partial charge on any atom is -0.305 e. The van der Waals surface area contributed by atoms with Gasteiger partial charge in [0.05, 0.1) is 15.7 Å². The molecule has 1 heterocycles. The molecule has 0 aliphatic carbocycles. The largest absolute Gasteiger partial charge is 0.325 e. The van der Waals surface area contributed by atoms with E-state index in [1.54, 1.807) is 24.3 Å². The standard InChI is InChI=1S/C16H11Cl2FN4OS/c17-10-6-5-9(7-11(10)18)8-14-22-23-16(25-14)21-15(24)20-13-4-2-1-3-12(13)19/h1-7H,8H2,(H2,20,21,23,24). The number of carbonyl (C=O) groups excluding carboxylic acids is 1. The molecule has 0 atom stereocenters. The number of aromatic nitrogens is 2. The number of amides is 2. The molecule has 0 saturated heterocycles. The second-order valence-electron chi connectivity index (χ2n) is 4.99. The summed E-state index contributed by atoms with van der Waals surface area (Å²) in [5, 5.41) is 14.8. The molecule has 0 fully saturated rings. The second-order valence-corrected chi connectivity index (χ2v) is 6.86. The van der Waals surface area contributed by atoms with Crippen molar-refractivity contribution in [2.75, 3.05) is 10.6 Å². The Morgan fingerprint density at radius 1 is 1.08 bits per heavy atom. The molecule has 9 heteroatoms. The lowest BCUT2D eigenvalue weighted by atomic mass is 10.2. The van der Waals surface area contributed by atoms with E-state index < -0.39 is 11.8 Å².